The minimum Gasteiger partial charge on any atom is -0.340 e. The molecule has 1 aromatic carbocycles. The molecule has 90 valence electrons. The number of rotatable bonds is 4. The van der Waals surface area contributed by atoms with E-state index >= 15 is 0 Å². The Hall–Kier alpha value is -1.00. The van der Waals surface area contributed by atoms with Crippen LogP contribution in [0.5, 0.6) is 0 Å². The third-order valence-corrected chi connectivity index (χ3v) is 5.71. The number of aromatic amines is 1. The van der Waals surface area contributed by atoms with Crippen LogP contribution in [0.2, 0.25) is 19.6 Å². The fraction of sp³-hybridized carbons (Fsp3) is 0.308. The summed E-state index contributed by atoms with van der Waals surface area (Å²) < 4.78 is 0. The van der Waals surface area contributed by atoms with Gasteiger partial charge in [-0.25, -0.2) is 4.98 Å². The summed E-state index contributed by atoms with van der Waals surface area (Å²) in [5.41, 5.74) is 1.36. The number of thioether (sulfide) groups is 1. The Bertz CT molecular complexity index is 457. The summed E-state index contributed by atoms with van der Waals surface area (Å²) in [5, 5.41) is 2.50. The summed E-state index contributed by atoms with van der Waals surface area (Å²) in [5.74, 6) is 0.972. The number of H-pyrrole nitrogens is 1. The zero-order valence-electron chi connectivity index (χ0n) is 10.5. The van der Waals surface area contributed by atoms with Gasteiger partial charge in [0.05, 0.1) is 8.07 Å². The SMILES string of the molecule is C[Si](C)(C)c1ccc(CSc2ncc[nH]2)cc1. The van der Waals surface area contributed by atoms with Gasteiger partial charge in [0.2, 0.25) is 0 Å². The van der Waals surface area contributed by atoms with Gasteiger partial charge in [0.25, 0.3) is 0 Å². The van der Waals surface area contributed by atoms with E-state index in [1.165, 1.54) is 10.8 Å². The van der Waals surface area contributed by atoms with Crippen molar-refractivity contribution in [3.8, 4) is 0 Å². The lowest BCUT2D eigenvalue weighted by molar-refractivity contribution is 1.06. The van der Waals surface area contributed by atoms with Crippen molar-refractivity contribution >= 4 is 25.0 Å². The molecule has 0 saturated heterocycles. The summed E-state index contributed by atoms with van der Waals surface area (Å²) in [7, 11) is -1.16. The number of benzene rings is 1. The molecule has 0 aliphatic heterocycles. The standard InChI is InChI=1S/C13H18N2SSi/c1-17(2,3)12-6-4-11(5-7-12)10-16-13-14-8-9-15-13/h4-9H,10H2,1-3H3,(H,14,15). The number of hydrogen-bond donors (Lipinski definition) is 1. The topological polar surface area (TPSA) is 28.7 Å². The summed E-state index contributed by atoms with van der Waals surface area (Å²) in [6.45, 7) is 7.12. The molecular formula is C13H18N2SSi. The first-order valence-corrected chi connectivity index (χ1v) is 10.3. The molecule has 1 N–H and O–H groups in total. The van der Waals surface area contributed by atoms with Crippen LogP contribution < -0.4 is 5.19 Å². The molecule has 0 unspecified atom stereocenters. The molecule has 4 heteroatoms. The van der Waals surface area contributed by atoms with E-state index in [0.29, 0.717) is 0 Å². The molecule has 0 aliphatic carbocycles. The molecule has 1 heterocycles. The zero-order chi connectivity index (χ0) is 12.3. The van der Waals surface area contributed by atoms with Gasteiger partial charge in [-0.1, -0.05) is 60.9 Å². The average molecular weight is 262 g/mol. The number of hydrogen-bond acceptors (Lipinski definition) is 2. The molecule has 0 amide bonds. The van der Waals surface area contributed by atoms with E-state index in [-0.39, 0.29) is 0 Å². The number of nitrogens with one attached hydrogen (secondary N) is 1. The Balaban J connectivity index is 1.99. The monoisotopic (exact) mass is 262 g/mol. The predicted octanol–water partition coefficient (Wildman–Crippen LogP) is 3.25. The fourth-order valence-electron chi connectivity index (χ4n) is 1.58. The molecule has 2 rings (SSSR count). The van der Waals surface area contributed by atoms with Crippen molar-refractivity contribution in [3.05, 3.63) is 42.2 Å². The average Bonchev–Trinajstić information content (AvgIpc) is 2.78. The molecule has 2 aromatic rings. The van der Waals surface area contributed by atoms with E-state index < -0.39 is 8.07 Å². The summed E-state index contributed by atoms with van der Waals surface area (Å²) in [6.07, 6.45) is 3.65. The number of imidazole rings is 1. The molecule has 17 heavy (non-hydrogen) atoms. The molecule has 0 radical (unpaired) electrons. The molecule has 0 bridgehead atoms. The second-order valence-electron chi connectivity index (χ2n) is 5.13. The third-order valence-electron chi connectivity index (χ3n) is 2.67. The molecular weight excluding hydrogens is 244 g/mol. The maximum Gasteiger partial charge on any atom is 0.165 e. The van der Waals surface area contributed by atoms with E-state index in [9.17, 15) is 0 Å². The molecule has 0 fully saturated rings. The predicted molar refractivity (Wildman–Crippen MR) is 77.6 cm³/mol. The molecule has 0 atom stereocenters. The van der Waals surface area contributed by atoms with E-state index in [4.69, 9.17) is 0 Å². The largest absolute Gasteiger partial charge is 0.340 e. The van der Waals surface area contributed by atoms with Crippen LogP contribution in [0.15, 0.2) is 41.8 Å². The zero-order valence-corrected chi connectivity index (χ0v) is 12.3. The molecule has 1 aromatic heterocycles. The lowest BCUT2D eigenvalue weighted by atomic mass is 10.2. The smallest absolute Gasteiger partial charge is 0.165 e. The van der Waals surface area contributed by atoms with E-state index in [1.54, 1.807) is 18.0 Å². The van der Waals surface area contributed by atoms with Crippen molar-refractivity contribution in [2.45, 2.75) is 30.6 Å². The highest BCUT2D eigenvalue weighted by atomic mass is 32.2. The van der Waals surface area contributed by atoms with Gasteiger partial charge in [-0.3, -0.25) is 0 Å². The highest BCUT2D eigenvalue weighted by molar-refractivity contribution is 7.98. The van der Waals surface area contributed by atoms with E-state index in [2.05, 4.69) is 53.9 Å². The van der Waals surface area contributed by atoms with Gasteiger partial charge in [0.1, 0.15) is 0 Å². The van der Waals surface area contributed by atoms with Crippen LogP contribution >= 0.6 is 11.8 Å². The van der Waals surface area contributed by atoms with Gasteiger partial charge >= 0.3 is 0 Å². The molecule has 0 saturated carbocycles. The van der Waals surface area contributed by atoms with Gasteiger partial charge in [-0.2, -0.15) is 0 Å². The van der Waals surface area contributed by atoms with E-state index in [0.717, 1.165) is 10.9 Å². The first kappa shape index (κ1) is 12.5. The van der Waals surface area contributed by atoms with E-state index in [1.807, 2.05) is 6.20 Å². The van der Waals surface area contributed by atoms with Crippen molar-refractivity contribution < 1.29 is 0 Å². The van der Waals surface area contributed by atoms with Crippen LogP contribution in [0.25, 0.3) is 0 Å². The van der Waals surface area contributed by atoms with Crippen LogP contribution in [0.1, 0.15) is 5.56 Å². The Morgan fingerprint density at radius 1 is 1.18 bits per heavy atom. The van der Waals surface area contributed by atoms with Gasteiger partial charge < -0.3 is 4.98 Å². The third kappa shape index (κ3) is 3.48. The summed E-state index contributed by atoms with van der Waals surface area (Å²) in [6, 6.07) is 9.04. The Kier molecular flexibility index (Phi) is 3.74. The second kappa shape index (κ2) is 5.10. The van der Waals surface area contributed by atoms with Crippen LogP contribution in [-0.4, -0.2) is 18.0 Å². The molecule has 0 spiro atoms. The maximum absolute atomic E-state index is 4.20. The van der Waals surface area contributed by atoms with Crippen LogP contribution in [0, 0.1) is 0 Å². The minimum absolute atomic E-state index is 0.972. The quantitative estimate of drug-likeness (QED) is 0.677. The van der Waals surface area contributed by atoms with Crippen LogP contribution in [-0.2, 0) is 5.75 Å². The highest BCUT2D eigenvalue weighted by Gasteiger charge is 2.15. The lowest BCUT2D eigenvalue weighted by Gasteiger charge is -2.16. The number of nitrogens with zero attached hydrogens (tertiary/aromatic N) is 1. The van der Waals surface area contributed by atoms with Crippen molar-refractivity contribution in [3.63, 3.8) is 0 Å². The van der Waals surface area contributed by atoms with Crippen LogP contribution in [0.4, 0.5) is 0 Å². The van der Waals surface area contributed by atoms with Crippen molar-refractivity contribution in [2.24, 2.45) is 0 Å². The molecule has 2 nitrogen and oxygen atoms in total. The highest BCUT2D eigenvalue weighted by Crippen LogP contribution is 2.18. The normalized spacial score (nSPS) is 11.7. The van der Waals surface area contributed by atoms with Gasteiger partial charge in [-0.15, -0.1) is 0 Å². The minimum atomic E-state index is -1.16. The number of aromatic nitrogens is 2. The van der Waals surface area contributed by atoms with Crippen molar-refractivity contribution in [1.29, 1.82) is 0 Å². The van der Waals surface area contributed by atoms with Gasteiger partial charge in [0.15, 0.2) is 5.16 Å². The second-order valence-corrected chi connectivity index (χ2v) is 11.2. The first-order valence-electron chi connectivity index (χ1n) is 5.77. The fourth-order valence-corrected chi connectivity index (χ4v) is 3.53. The Morgan fingerprint density at radius 3 is 2.41 bits per heavy atom. The first-order chi connectivity index (χ1) is 8.05. The van der Waals surface area contributed by atoms with Gasteiger partial charge in [-0.05, 0) is 5.56 Å². The summed E-state index contributed by atoms with van der Waals surface area (Å²) in [4.78, 5) is 7.30. The van der Waals surface area contributed by atoms with Gasteiger partial charge in [0, 0.05) is 18.1 Å². The maximum atomic E-state index is 4.20. The summed E-state index contributed by atoms with van der Waals surface area (Å²) >= 11 is 1.74. The lowest BCUT2D eigenvalue weighted by Crippen LogP contribution is -2.37. The van der Waals surface area contributed by atoms with Crippen molar-refractivity contribution in [1.82, 2.24) is 9.97 Å². The Morgan fingerprint density at radius 2 is 1.88 bits per heavy atom. The Labute approximate surface area is 108 Å². The molecule has 0 aliphatic rings. The van der Waals surface area contributed by atoms with Crippen LogP contribution in [0.3, 0.4) is 0 Å². The van der Waals surface area contributed by atoms with Crippen molar-refractivity contribution in [2.75, 3.05) is 0 Å².